The SMILES string of the molecule is CCNc1c(C)cc(OCCC[C@H](CN)c2ccccc2)cc1C. The smallest absolute Gasteiger partial charge is 0.119 e. The standard InChI is InChI=1S/C21H30N2O/c1-4-23-21-16(2)13-20(14-17(21)3)24-12-8-11-19(15-22)18-9-6-5-7-10-18/h5-7,9-10,13-14,19,23H,4,8,11-12,15,22H2,1-3H3/t19-/m1/s1. The number of benzene rings is 2. The van der Waals surface area contributed by atoms with Gasteiger partial charge in [-0.3, -0.25) is 0 Å². The molecule has 0 radical (unpaired) electrons. The molecule has 24 heavy (non-hydrogen) atoms. The Bertz CT molecular complexity index is 602. The molecule has 0 heterocycles. The molecule has 2 aromatic carbocycles. The Morgan fingerprint density at radius 2 is 1.75 bits per heavy atom. The molecule has 0 aromatic heterocycles. The van der Waals surface area contributed by atoms with Gasteiger partial charge in [-0.15, -0.1) is 0 Å². The summed E-state index contributed by atoms with van der Waals surface area (Å²) >= 11 is 0. The monoisotopic (exact) mass is 326 g/mol. The highest BCUT2D eigenvalue weighted by Crippen LogP contribution is 2.26. The molecule has 0 aliphatic rings. The number of nitrogens with one attached hydrogen (secondary N) is 1. The second kappa shape index (κ2) is 9.33. The molecule has 0 amide bonds. The molecule has 0 bridgehead atoms. The Balaban J connectivity index is 1.86. The van der Waals surface area contributed by atoms with Crippen LogP contribution in [0.15, 0.2) is 42.5 Å². The normalized spacial score (nSPS) is 12.0. The van der Waals surface area contributed by atoms with Crippen LogP contribution >= 0.6 is 0 Å². The predicted octanol–water partition coefficient (Wildman–Crippen LogP) is 4.64. The summed E-state index contributed by atoms with van der Waals surface area (Å²) in [7, 11) is 0. The number of anilines is 1. The van der Waals surface area contributed by atoms with Gasteiger partial charge < -0.3 is 15.8 Å². The number of hydrogen-bond acceptors (Lipinski definition) is 3. The zero-order chi connectivity index (χ0) is 17.4. The molecule has 3 N–H and O–H groups in total. The van der Waals surface area contributed by atoms with Crippen molar-refractivity contribution in [2.45, 2.75) is 39.5 Å². The summed E-state index contributed by atoms with van der Waals surface area (Å²) in [6.07, 6.45) is 2.05. The highest BCUT2D eigenvalue weighted by molar-refractivity contribution is 5.59. The van der Waals surface area contributed by atoms with Crippen LogP contribution in [0, 0.1) is 13.8 Å². The average molecular weight is 326 g/mol. The lowest BCUT2D eigenvalue weighted by Gasteiger charge is -2.16. The quantitative estimate of drug-likeness (QED) is 0.660. The Hall–Kier alpha value is -2.00. The van der Waals surface area contributed by atoms with Crippen LogP contribution in [-0.4, -0.2) is 19.7 Å². The molecular formula is C21H30N2O. The van der Waals surface area contributed by atoms with Gasteiger partial charge in [0.15, 0.2) is 0 Å². The van der Waals surface area contributed by atoms with E-state index in [1.165, 1.54) is 22.4 Å². The Morgan fingerprint density at radius 1 is 1.08 bits per heavy atom. The lowest BCUT2D eigenvalue weighted by Crippen LogP contribution is -2.13. The number of ether oxygens (including phenoxy) is 1. The zero-order valence-corrected chi connectivity index (χ0v) is 15.1. The average Bonchev–Trinajstić information content (AvgIpc) is 2.59. The fraction of sp³-hybridized carbons (Fsp3) is 0.429. The van der Waals surface area contributed by atoms with Gasteiger partial charge in [0, 0.05) is 12.2 Å². The van der Waals surface area contributed by atoms with Gasteiger partial charge >= 0.3 is 0 Å². The van der Waals surface area contributed by atoms with E-state index in [1.807, 2.05) is 6.07 Å². The molecule has 0 fully saturated rings. The lowest BCUT2D eigenvalue weighted by atomic mass is 9.95. The first kappa shape index (κ1) is 18.3. The highest BCUT2D eigenvalue weighted by atomic mass is 16.5. The first-order valence-electron chi connectivity index (χ1n) is 8.88. The van der Waals surface area contributed by atoms with E-state index < -0.39 is 0 Å². The number of hydrogen-bond donors (Lipinski definition) is 2. The second-order valence-electron chi connectivity index (χ2n) is 6.30. The van der Waals surface area contributed by atoms with Crippen LogP contribution in [0.3, 0.4) is 0 Å². The minimum absolute atomic E-state index is 0.411. The van der Waals surface area contributed by atoms with Crippen LogP contribution in [0.25, 0.3) is 0 Å². The van der Waals surface area contributed by atoms with Gasteiger partial charge in [0.05, 0.1) is 6.61 Å². The van der Waals surface area contributed by atoms with Crippen molar-refractivity contribution in [2.24, 2.45) is 5.73 Å². The topological polar surface area (TPSA) is 47.3 Å². The summed E-state index contributed by atoms with van der Waals surface area (Å²) in [5.41, 5.74) is 10.9. The number of nitrogens with two attached hydrogens (primary N) is 1. The Labute approximate surface area is 146 Å². The third kappa shape index (κ3) is 5.00. The van der Waals surface area contributed by atoms with Crippen molar-refractivity contribution in [1.29, 1.82) is 0 Å². The first-order valence-corrected chi connectivity index (χ1v) is 8.88. The van der Waals surface area contributed by atoms with E-state index in [1.54, 1.807) is 0 Å². The largest absolute Gasteiger partial charge is 0.494 e. The summed E-state index contributed by atoms with van der Waals surface area (Å²) in [6, 6.07) is 14.7. The molecular weight excluding hydrogens is 296 g/mol. The van der Waals surface area contributed by atoms with Crippen molar-refractivity contribution < 1.29 is 4.74 Å². The van der Waals surface area contributed by atoms with Crippen molar-refractivity contribution >= 4 is 5.69 Å². The third-order valence-corrected chi connectivity index (χ3v) is 4.38. The van der Waals surface area contributed by atoms with Gasteiger partial charge in [-0.2, -0.15) is 0 Å². The molecule has 130 valence electrons. The molecule has 0 unspecified atom stereocenters. The van der Waals surface area contributed by atoms with E-state index in [-0.39, 0.29) is 0 Å². The van der Waals surface area contributed by atoms with Gasteiger partial charge in [-0.05, 0) is 74.9 Å². The van der Waals surface area contributed by atoms with E-state index in [4.69, 9.17) is 10.5 Å². The maximum Gasteiger partial charge on any atom is 0.119 e. The van der Waals surface area contributed by atoms with E-state index >= 15 is 0 Å². The van der Waals surface area contributed by atoms with Crippen LogP contribution < -0.4 is 15.8 Å². The van der Waals surface area contributed by atoms with E-state index in [0.717, 1.165) is 31.7 Å². The van der Waals surface area contributed by atoms with Crippen LogP contribution in [0.2, 0.25) is 0 Å². The summed E-state index contributed by atoms with van der Waals surface area (Å²) in [6.45, 7) is 8.70. The Morgan fingerprint density at radius 3 is 2.33 bits per heavy atom. The summed E-state index contributed by atoms with van der Waals surface area (Å²) in [5.74, 6) is 1.37. The van der Waals surface area contributed by atoms with Crippen molar-refractivity contribution in [3.8, 4) is 5.75 Å². The maximum absolute atomic E-state index is 5.96. The second-order valence-corrected chi connectivity index (χ2v) is 6.30. The summed E-state index contributed by atoms with van der Waals surface area (Å²) in [5, 5.41) is 3.41. The summed E-state index contributed by atoms with van der Waals surface area (Å²) in [4.78, 5) is 0. The molecule has 2 aromatic rings. The van der Waals surface area contributed by atoms with Gasteiger partial charge in [-0.1, -0.05) is 30.3 Å². The maximum atomic E-state index is 5.96. The molecule has 1 atom stereocenters. The molecule has 0 saturated heterocycles. The fourth-order valence-corrected chi connectivity index (χ4v) is 3.13. The minimum atomic E-state index is 0.411. The lowest BCUT2D eigenvalue weighted by molar-refractivity contribution is 0.301. The van der Waals surface area contributed by atoms with Gasteiger partial charge in [0.25, 0.3) is 0 Å². The van der Waals surface area contributed by atoms with Gasteiger partial charge in [-0.25, -0.2) is 0 Å². The number of aryl methyl sites for hydroxylation is 2. The van der Waals surface area contributed by atoms with E-state index in [2.05, 4.69) is 62.5 Å². The van der Waals surface area contributed by atoms with Crippen LogP contribution in [0.5, 0.6) is 5.75 Å². The number of rotatable bonds is 9. The van der Waals surface area contributed by atoms with Gasteiger partial charge in [0.2, 0.25) is 0 Å². The van der Waals surface area contributed by atoms with Crippen molar-refractivity contribution in [3.63, 3.8) is 0 Å². The molecule has 0 aliphatic carbocycles. The first-order chi connectivity index (χ1) is 11.7. The van der Waals surface area contributed by atoms with Crippen molar-refractivity contribution in [2.75, 3.05) is 25.0 Å². The van der Waals surface area contributed by atoms with Crippen LogP contribution in [0.4, 0.5) is 5.69 Å². The molecule has 2 rings (SSSR count). The fourth-order valence-electron chi connectivity index (χ4n) is 3.13. The van der Waals surface area contributed by atoms with Crippen LogP contribution in [0.1, 0.15) is 42.4 Å². The molecule has 3 nitrogen and oxygen atoms in total. The van der Waals surface area contributed by atoms with E-state index in [9.17, 15) is 0 Å². The van der Waals surface area contributed by atoms with Crippen molar-refractivity contribution in [1.82, 2.24) is 0 Å². The molecule has 3 heteroatoms. The minimum Gasteiger partial charge on any atom is -0.494 e. The zero-order valence-electron chi connectivity index (χ0n) is 15.1. The Kier molecular flexibility index (Phi) is 7.13. The predicted molar refractivity (Wildman–Crippen MR) is 103 cm³/mol. The summed E-state index contributed by atoms with van der Waals surface area (Å²) < 4.78 is 5.96. The molecule has 0 saturated carbocycles. The van der Waals surface area contributed by atoms with Gasteiger partial charge in [0.1, 0.15) is 5.75 Å². The molecule has 0 spiro atoms. The van der Waals surface area contributed by atoms with E-state index in [0.29, 0.717) is 12.5 Å². The molecule has 0 aliphatic heterocycles. The third-order valence-electron chi connectivity index (χ3n) is 4.38. The van der Waals surface area contributed by atoms with Crippen LogP contribution in [-0.2, 0) is 0 Å². The highest BCUT2D eigenvalue weighted by Gasteiger charge is 2.09. The van der Waals surface area contributed by atoms with Crippen molar-refractivity contribution in [3.05, 3.63) is 59.2 Å².